The summed E-state index contributed by atoms with van der Waals surface area (Å²) in [5, 5.41) is 7.14. The predicted octanol–water partition coefficient (Wildman–Crippen LogP) is 2.79. The second kappa shape index (κ2) is 8.31. The Morgan fingerprint density at radius 1 is 1.26 bits per heavy atom. The molecule has 0 radical (unpaired) electrons. The van der Waals surface area contributed by atoms with Crippen molar-refractivity contribution in [3.63, 3.8) is 0 Å². The van der Waals surface area contributed by atoms with Gasteiger partial charge in [-0.15, -0.1) is 0 Å². The maximum Gasteiger partial charge on any atom is 0.231 e. The van der Waals surface area contributed by atoms with Gasteiger partial charge in [-0.05, 0) is 12.3 Å². The number of hydrogen-bond donors (Lipinski definition) is 2. The van der Waals surface area contributed by atoms with Gasteiger partial charge >= 0.3 is 0 Å². The van der Waals surface area contributed by atoms with Crippen LogP contribution in [0.5, 0.6) is 0 Å². The van der Waals surface area contributed by atoms with Crippen LogP contribution in [0.15, 0.2) is 39.8 Å². The van der Waals surface area contributed by atoms with Crippen molar-refractivity contribution in [2.24, 2.45) is 16.6 Å². The molecule has 1 aromatic heterocycles. The van der Waals surface area contributed by atoms with Gasteiger partial charge in [0, 0.05) is 12.1 Å². The summed E-state index contributed by atoms with van der Waals surface area (Å²) in [7, 11) is 0. The van der Waals surface area contributed by atoms with Crippen molar-refractivity contribution in [2.75, 3.05) is 13.1 Å². The largest absolute Gasteiger partial charge is 0.370 e. The lowest BCUT2D eigenvalue weighted by molar-refractivity contribution is 0.361. The van der Waals surface area contributed by atoms with Crippen molar-refractivity contribution in [2.45, 2.75) is 33.1 Å². The van der Waals surface area contributed by atoms with Gasteiger partial charge in [0.25, 0.3) is 0 Å². The van der Waals surface area contributed by atoms with Crippen molar-refractivity contribution >= 4 is 5.96 Å². The molecule has 2 rings (SSSR count). The molecule has 124 valence electrons. The summed E-state index contributed by atoms with van der Waals surface area (Å²) in [6.07, 6.45) is 1.07. The molecule has 6 nitrogen and oxygen atoms in total. The number of nitrogens with two attached hydrogens (primary N) is 1. The maximum atomic E-state index is 5.85. The van der Waals surface area contributed by atoms with E-state index >= 15 is 0 Å². The van der Waals surface area contributed by atoms with Crippen LogP contribution in [0.1, 0.15) is 39.0 Å². The van der Waals surface area contributed by atoms with Crippen molar-refractivity contribution in [3.05, 3.63) is 36.2 Å². The Bertz CT molecular complexity index is 621. The number of guanidine groups is 1. The number of hydrogen-bond acceptors (Lipinski definition) is 4. The van der Waals surface area contributed by atoms with E-state index in [1.54, 1.807) is 0 Å². The molecule has 1 unspecified atom stereocenters. The highest BCUT2D eigenvalue weighted by Crippen LogP contribution is 2.19. The summed E-state index contributed by atoms with van der Waals surface area (Å²) in [4.78, 5) is 8.77. The lowest BCUT2D eigenvalue weighted by Gasteiger charge is -2.08. The molecule has 3 N–H and O–H groups in total. The average molecular weight is 315 g/mol. The third-order valence-electron chi connectivity index (χ3n) is 3.46. The van der Waals surface area contributed by atoms with E-state index in [1.165, 1.54) is 0 Å². The molecular formula is C17H25N5O. The number of nitrogens with zero attached hydrogens (tertiary/aromatic N) is 3. The lowest BCUT2D eigenvalue weighted by atomic mass is 10.1. The Labute approximate surface area is 137 Å². The van der Waals surface area contributed by atoms with E-state index in [0.717, 1.165) is 18.5 Å². The zero-order chi connectivity index (χ0) is 16.7. The summed E-state index contributed by atoms with van der Waals surface area (Å²) in [6, 6.07) is 9.75. The SMILES string of the molecule is CC(C)CCNC(N)=NCC(C)c1nc(-c2ccccc2)no1. The van der Waals surface area contributed by atoms with Gasteiger partial charge in [-0.1, -0.05) is 56.3 Å². The second-order valence-electron chi connectivity index (χ2n) is 6.06. The molecule has 0 aliphatic carbocycles. The summed E-state index contributed by atoms with van der Waals surface area (Å²) < 4.78 is 5.33. The fraction of sp³-hybridized carbons (Fsp3) is 0.471. The number of aromatic nitrogens is 2. The van der Waals surface area contributed by atoms with Gasteiger partial charge in [-0.3, -0.25) is 4.99 Å². The minimum Gasteiger partial charge on any atom is -0.370 e. The molecule has 2 aromatic rings. The molecule has 1 atom stereocenters. The Morgan fingerprint density at radius 3 is 2.70 bits per heavy atom. The minimum absolute atomic E-state index is 0.0189. The van der Waals surface area contributed by atoms with E-state index in [4.69, 9.17) is 10.3 Å². The van der Waals surface area contributed by atoms with Gasteiger partial charge in [0.15, 0.2) is 5.96 Å². The van der Waals surface area contributed by atoms with Crippen LogP contribution in [-0.4, -0.2) is 29.2 Å². The molecule has 1 aromatic carbocycles. The molecule has 0 spiro atoms. The minimum atomic E-state index is 0.0189. The summed E-state index contributed by atoms with van der Waals surface area (Å²) in [6.45, 7) is 7.69. The standard InChI is InChI=1S/C17H25N5O/c1-12(2)9-10-19-17(18)20-11-13(3)16-21-15(22-23-16)14-7-5-4-6-8-14/h4-8,12-13H,9-11H2,1-3H3,(H3,18,19,20). The first-order chi connectivity index (χ1) is 11.1. The number of nitrogens with one attached hydrogen (secondary N) is 1. The molecule has 0 aliphatic rings. The highest BCUT2D eigenvalue weighted by molar-refractivity contribution is 5.77. The van der Waals surface area contributed by atoms with Crippen LogP contribution < -0.4 is 11.1 Å². The zero-order valence-electron chi connectivity index (χ0n) is 14.0. The van der Waals surface area contributed by atoms with Crippen LogP contribution in [0.2, 0.25) is 0 Å². The molecule has 0 saturated heterocycles. The molecular weight excluding hydrogens is 290 g/mol. The molecule has 0 aliphatic heterocycles. The van der Waals surface area contributed by atoms with E-state index in [1.807, 2.05) is 37.3 Å². The monoisotopic (exact) mass is 315 g/mol. The van der Waals surface area contributed by atoms with Crippen molar-refractivity contribution < 1.29 is 4.52 Å². The summed E-state index contributed by atoms with van der Waals surface area (Å²) in [5.74, 6) is 2.29. The first-order valence-electron chi connectivity index (χ1n) is 7.99. The van der Waals surface area contributed by atoms with E-state index in [9.17, 15) is 0 Å². The first kappa shape index (κ1) is 17.0. The third-order valence-corrected chi connectivity index (χ3v) is 3.46. The van der Waals surface area contributed by atoms with Crippen LogP contribution in [0.3, 0.4) is 0 Å². The number of benzene rings is 1. The Morgan fingerprint density at radius 2 is 2.00 bits per heavy atom. The smallest absolute Gasteiger partial charge is 0.231 e. The molecule has 23 heavy (non-hydrogen) atoms. The van der Waals surface area contributed by atoms with Crippen LogP contribution in [-0.2, 0) is 0 Å². The maximum absolute atomic E-state index is 5.85. The van der Waals surface area contributed by atoms with Crippen LogP contribution >= 0.6 is 0 Å². The van der Waals surface area contributed by atoms with Gasteiger partial charge < -0.3 is 15.6 Å². The fourth-order valence-electron chi connectivity index (χ4n) is 2.00. The van der Waals surface area contributed by atoms with Crippen LogP contribution in [0.4, 0.5) is 0 Å². The number of rotatable bonds is 7. The van der Waals surface area contributed by atoms with Crippen molar-refractivity contribution in [1.29, 1.82) is 0 Å². The van der Waals surface area contributed by atoms with E-state index in [-0.39, 0.29) is 5.92 Å². The molecule has 0 amide bonds. The highest BCUT2D eigenvalue weighted by atomic mass is 16.5. The van der Waals surface area contributed by atoms with Gasteiger partial charge in [0.1, 0.15) is 0 Å². The Kier molecular flexibility index (Phi) is 6.14. The van der Waals surface area contributed by atoms with Crippen molar-refractivity contribution in [1.82, 2.24) is 15.5 Å². The lowest BCUT2D eigenvalue weighted by Crippen LogP contribution is -2.33. The van der Waals surface area contributed by atoms with E-state index in [2.05, 4.69) is 34.3 Å². The highest BCUT2D eigenvalue weighted by Gasteiger charge is 2.15. The summed E-state index contributed by atoms with van der Waals surface area (Å²) in [5.41, 5.74) is 6.79. The first-order valence-corrected chi connectivity index (χ1v) is 7.99. The van der Waals surface area contributed by atoms with Crippen molar-refractivity contribution in [3.8, 4) is 11.4 Å². The van der Waals surface area contributed by atoms with E-state index < -0.39 is 0 Å². The van der Waals surface area contributed by atoms with Crippen LogP contribution in [0, 0.1) is 5.92 Å². The topological polar surface area (TPSA) is 89.3 Å². The average Bonchev–Trinajstić information content (AvgIpc) is 3.03. The predicted molar refractivity (Wildman–Crippen MR) is 92.1 cm³/mol. The Hall–Kier alpha value is -2.37. The van der Waals surface area contributed by atoms with Crippen LogP contribution in [0.25, 0.3) is 11.4 Å². The van der Waals surface area contributed by atoms with E-state index in [0.29, 0.717) is 30.1 Å². The fourth-order valence-corrected chi connectivity index (χ4v) is 2.00. The van der Waals surface area contributed by atoms with Gasteiger partial charge in [0.05, 0.1) is 12.5 Å². The molecule has 0 fully saturated rings. The number of aliphatic imine (C=N–C) groups is 1. The zero-order valence-corrected chi connectivity index (χ0v) is 14.0. The van der Waals surface area contributed by atoms with Gasteiger partial charge in [-0.2, -0.15) is 4.98 Å². The quantitative estimate of drug-likeness (QED) is 0.606. The molecule has 6 heteroatoms. The second-order valence-corrected chi connectivity index (χ2v) is 6.06. The molecule has 0 saturated carbocycles. The normalized spacial score (nSPS) is 13.3. The molecule has 0 bridgehead atoms. The summed E-state index contributed by atoms with van der Waals surface area (Å²) >= 11 is 0. The Balaban J connectivity index is 1.89. The third kappa shape index (κ3) is 5.39. The van der Waals surface area contributed by atoms with Gasteiger partial charge in [-0.25, -0.2) is 0 Å². The van der Waals surface area contributed by atoms with Gasteiger partial charge in [0.2, 0.25) is 11.7 Å². The molecule has 1 heterocycles.